The van der Waals surface area contributed by atoms with Crippen molar-refractivity contribution in [2.45, 2.75) is 32.4 Å². The van der Waals surface area contributed by atoms with Gasteiger partial charge in [-0.3, -0.25) is 9.59 Å². The van der Waals surface area contributed by atoms with Gasteiger partial charge in [0.15, 0.2) is 0 Å². The molecule has 0 radical (unpaired) electrons. The van der Waals surface area contributed by atoms with E-state index in [4.69, 9.17) is 15.2 Å². The average Bonchev–Trinajstić information content (AvgIpc) is 2.71. The summed E-state index contributed by atoms with van der Waals surface area (Å²) in [5.41, 5.74) is 6.59. The van der Waals surface area contributed by atoms with Crippen LogP contribution in [0.5, 0.6) is 0 Å². The maximum absolute atomic E-state index is 12.3. The molecule has 3 N–H and O–H groups in total. The number of hydrogen-bond donors (Lipinski definition) is 2. The molecule has 1 saturated heterocycles. The zero-order valence-electron chi connectivity index (χ0n) is 16.0. The van der Waals surface area contributed by atoms with Crippen molar-refractivity contribution in [3.63, 3.8) is 0 Å². The Labute approximate surface area is 171 Å². The van der Waals surface area contributed by atoms with Crippen LogP contribution in [0.1, 0.15) is 25.3 Å². The lowest BCUT2D eigenvalue weighted by molar-refractivity contribution is -0.144. The van der Waals surface area contributed by atoms with Crippen molar-refractivity contribution in [2.75, 3.05) is 26.2 Å². The lowest BCUT2D eigenvalue weighted by Crippen LogP contribution is -2.49. The van der Waals surface area contributed by atoms with E-state index in [9.17, 15) is 14.4 Å². The lowest BCUT2D eigenvalue weighted by Gasteiger charge is -2.31. The van der Waals surface area contributed by atoms with Crippen LogP contribution in [-0.4, -0.2) is 55.2 Å². The van der Waals surface area contributed by atoms with Gasteiger partial charge >= 0.3 is 12.1 Å². The third-order valence-corrected chi connectivity index (χ3v) is 4.34. The van der Waals surface area contributed by atoms with Crippen molar-refractivity contribution in [1.29, 1.82) is 0 Å². The standard InChI is InChI=1S/C19H27N3O5.ClH/c1-2-26-18(24)16(20)11-21-17(23)15-9-6-10-22(12-15)19(25)27-13-14-7-4-3-5-8-14;/h3-5,7-8,15-16H,2,6,9-13,20H2,1H3,(H,21,23);1H/t15-,16?;/m1./s1. The highest BCUT2D eigenvalue weighted by molar-refractivity contribution is 5.85. The molecule has 1 unspecified atom stereocenters. The van der Waals surface area contributed by atoms with Crippen molar-refractivity contribution >= 4 is 30.4 Å². The second kappa shape index (κ2) is 12.2. The molecule has 28 heavy (non-hydrogen) atoms. The number of hydrogen-bond acceptors (Lipinski definition) is 6. The largest absolute Gasteiger partial charge is 0.465 e. The fourth-order valence-electron chi connectivity index (χ4n) is 2.86. The molecular weight excluding hydrogens is 386 g/mol. The maximum Gasteiger partial charge on any atom is 0.410 e. The van der Waals surface area contributed by atoms with Gasteiger partial charge in [-0.1, -0.05) is 30.3 Å². The minimum atomic E-state index is -0.899. The van der Waals surface area contributed by atoms with Gasteiger partial charge in [-0.2, -0.15) is 0 Å². The monoisotopic (exact) mass is 413 g/mol. The van der Waals surface area contributed by atoms with E-state index in [0.29, 0.717) is 19.4 Å². The normalized spacial score (nSPS) is 17.1. The number of benzene rings is 1. The van der Waals surface area contributed by atoms with Crippen molar-refractivity contribution in [2.24, 2.45) is 11.7 Å². The molecule has 1 aliphatic heterocycles. The van der Waals surface area contributed by atoms with Crippen LogP contribution >= 0.6 is 12.4 Å². The first-order valence-corrected chi connectivity index (χ1v) is 9.16. The molecule has 2 atom stereocenters. The van der Waals surface area contributed by atoms with E-state index in [1.54, 1.807) is 11.8 Å². The Morgan fingerprint density at radius 3 is 2.64 bits per heavy atom. The van der Waals surface area contributed by atoms with Crippen LogP contribution < -0.4 is 11.1 Å². The molecule has 1 fully saturated rings. The summed E-state index contributed by atoms with van der Waals surface area (Å²) in [5, 5.41) is 2.67. The van der Waals surface area contributed by atoms with E-state index in [1.165, 1.54) is 0 Å². The lowest BCUT2D eigenvalue weighted by atomic mass is 9.97. The molecule has 1 aromatic rings. The number of esters is 1. The smallest absolute Gasteiger partial charge is 0.410 e. The number of halogens is 1. The summed E-state index contributed by atoms with van der Waals surface area (Å²) < 4.78 is 10.1. The highest BCUT2D eigenvalue weighted by atomic mass is 35.5. The first kappa shape index (κ1) is 23.7. The molecule has 0 aromatic heterocycles. The first-order valence-electron chi connectivity index (χ1n) is 9.16. The van der Waals surface area contributed by atoms with Crippen molar-refractivity contribution in [3.05, 3.63) is 35.9 Å². The van der Waals surface area contributed by atoms with Crippen LogP contribution in [0.3, 0.4) is 0 Å². The van der Waals surface area contributed by atoms with E-state index < -0.39 is 18.1 Å². The Morgan fingerprint density at radius 1 is 1.25 bits per heavy atom. The topological polar surface area (TPSA) is 111 Å². The van der Waals surface area contributed by atoms with Crippen LogP contribution in [0, 0.1) is 5.92 Å². The van der Waals surface area contributed by atoms with E-state index in [-0.39, 0.29) is 50.5 Å². The van der Waals surface area contributed by atoms with Gasteiger partial charge in [0.2, 0.25) is 5.91 Å². The molecule has 0 saturated carbocycles. The van der Waals surface area contributed by atoms with Gasteiger partial charge in [-0.25, -0.2) is 4.79 Å². The highest BCUT2D eigenvalue weighted by Gasteiger charge is 2.29. The molecule has 0 spiro atoms. The SMILES string of the molecule is CCOC(=O)C(N)CNC(=O)[C@@H]1CCCN(C(=O)OCc2ccccc2)C1.Cl. The number of nitrogens with two attached hydrogens (primary N) is 1. The fourth-order valence-corrected chi connectivity index (χ4v) is 2.86. The fraction of sp³-hybridized carbons (Fsp3) is 0.526. The molecule has 156 valence electrons. The van der Waals surface area contributed by atoms with Crippen LogP contribution in [0.15, 0.2) is 30.3 Å². The zero-order valence-corrected chi connectivity index (χ0v) is 16.8. The summed E-state index contributed by atoms with van der Waals surface area (Å²) in [6, 6.07) is 8.52. The van der Waals surface area contributed by atoms with E-state index in [1.807, 2.05) is 30.3 Å². The van der Waals surface area contributed by atoms with Gasteiger partial charge in [0.1, 0.15) is 12.6 Å². The molecule has 0 aliphatic carbocycles. The molecule has 1 aromatic carbocycles. The maximum atomic E-state index is 12.3. The number of piperidine rings is 1. The van der Waals surface area contributed by atoms with Crippen molar-refractivity contribution < 1.29 is 23.9 Å². The molecule has 2 amide bonds. The molecule has 1 aliphatic rings. The van der Waals surface area contributed by atoms with Gasteiger partial charge in [0, 0.05) is 19.6 Å². The van der Waals surface area contributed by atoms with E-state index in [0.717, 1.165) is 5.56 Å². The number of nitrogens with zero attached hydrogens (tertiary/aromatic N) is 1. The van der Waals surface area contributed by atoms with E-state index in [2.05, 4.69) is 5.32 Å². The van der Waals surface area contributed by atoms with Gasteiger partial charge in [0.25, 0.3) is 0 Å². The van der Waals surface area contributed by atoms with E-state index >= 15 is 0 Å². The number of carbonyl (C=O) groups excluding carboxylic acids is 3. The molecular formula is C19H28ClN3O5. The molecule has 2 rings (SSSR count). The number of carbonyl (C=O) groups is 3. The number of likely N-dealkylation sites (tertiary alicyclic amines) is 1. The zero-order chi connectivity index (χ0) is 19.6. The van der Waals surface area contributed by atoms with Gasteiger partial charge < -0.3 is 25.4 Å². The minimum absolute atomic E-state index is 0. The van der Waals surface area contributed by atoms with Crippen LogP contribution in [0.25, 0.3) is 0 Å². The summed E-state index contributed by atoms with van der Waals surface area (Å²) in [5.74, 6) is -1.12. The summed E-state index contributed by atoms with van der Waals surface area (Å²) in [4.78, 5) is 37.6. The van der Waals surface area contributed by atoms with Crippen LogP contribution in [0.2, 0.25) is 0 Å². The van der Waals surface area contributed by atoms with Crippen molar-refractivity contribution in [1.82, 2.24) is 10.2 Å². The Hall–Kier alpha value is -2.32. The predicted octanol–water partition coefficient (Wildman–Crippen LogP) is 1.46. The van der Waals surface area contributed by atoms with Gasteiger partial charge in [-0.15, -0.1) is 12.4 Å². The van der Waals surface area contributed by atoms with Crippen molar-refractivity contribution in [3.8, 4) is 0 Å². The summed E-state index contributed by atoms with van der Waals surface area (Å²) in [6.07, 6.45) is 0.949. The number of amides is 2. The van der Waals surface area contributed by atoms with Crippen LogP contribution in [0.4, 0.5) is 4.79 Å². The van der Waals surface area contributed by atoms with Crippen LogP contribution in [-0.2, 0) is 25.7 Å². The van der Waals surface area contributed by atoms with Gasteiger partial charge in [-0.05, 0) is 25.3 Å². The first-order chi connectivity index (χ1) is 13.0. The minimum Gasteiger partial charge on any atom is -0.465 e. The Kier molecular flexibility index (Phi) is 10.3. The molecule has 1 heterocycles. The molecule has 8 nitrogen and oxygen atoms in total. The summed E-state index contributed by atoms with van der Waals surface area (Å²) in [7, 11) is 0. The third-order valence-electron chi connectivity index (χ3n) is 4.34. The second-order valence-corrected chi connectivity index (χ2v) is 6.43. The Bertz CT molecular complexity index is 644. The summed E-state index contributed by atoms with van der Waals surface area (Å²) >= 11 is 0. The Balaban J connectivity index is 0.00000392. The quantitative estimate of drug-likeness (QED) is 0.655. The highest BCUT2D eigenvalue weighted by Crippen LogP contribution is 2.18. The number of rotatable bonds is 7. The second-order valence-electron chi connectivity index (χ2n) is 6.43. The van der Waals surface area contributed by atoms with Gasteiger partial charge in [0.05, 0.1) is 12.5 Å². The number of ether oxygens (including phenoxy) is 2. The average molecular weight is 414 g/mol. The third kappa shape index (κ3) is 7.36. The molecule has 0 bridgehead atoms. The summed E-state index contributed by atoms with van der Waals surface area (Å²) in [6.45, 7) is 2.97. The Morgan fingerprint density at radius 2 is 1.96 bits per heavy atom. The number of nitrogens with one attached hydrogen (secondary N) is 1. The predicted molar refractivity (Wildman–Crippen MR) is 106 cm³/mol. The molecule has 9 heteroatoms.